The highest BCUT2D eigenvalue weighted by atomic mass is 16.5. The van der Waals surface area contributed by atoms with E-state index in [1.807, 2.05) is 24.3 Å². The molecule has 0 radical (unpaired) electrons. The van der Waals surface area contributed by atoms with E-state index in [2.05, 4.69) is 0 Å². The van der Waals surface area contributed by atoms with Crippen molar-refractivity contribution in [2.45, 2.75) is 6.42 Å². The second kappa shape index (κ2) is 8.21. The zero-order chi connectivity index (χ0) is 21.1. The normalized spacial score (nSPS) is 12.6. The van der Waals surface area contributed by atoms with Gasteiger partial charge >= 0.3 is 5.97 Å². The number of ether oxygens (including phenoxy) is 2. The molecule has 0 saturated carbocycles. The Morgan fingerprint density at radius 2 is 1.43 bits per heavy atom. The minimum atomic E-state index is -0.461. The molecule has 0 aliphatic carbocycles. The van der Waals surface area contributed by atoms with Crippen molar-refractivity contribution in [1.29, 1.82) is 0 Å². The molecule has 0 aromatic heterocycles. The Hall–Kier alpha value is -3.93. The Kier molecular flexibility index (Phi) is 5.30. The number of rotatable bonds is 6. The average Bonchev–Trinajstić information content (AvgIpc) is 3.04. The van der Waals surface area contributed by atoms with Gasteiger partial charge in [0.05, 0.1) is 36.1 Å². The maximum atomic E-state index is 12.5. The van der Waals surface area contributed by atoms with E-state index >= 15 is 0 Å². The number of methoxy groups -OCH3 is 1. The molecule has 1 aliphatic heterocycles. The molecule has 1 heterocycles. The van der Waals surface area contributed by atoms with E-state index in [4.69, 9.17) is 9.47 Å². The summed E-state index contributed by atoms with van der Waals surface area (Å²) in [5.74, 6) is -0.429. The number of hydrogen-bond donors (Lipinski definition) is 0. The Morgan fingerprint density at radius 1 is 0.833 bits per heavy atom. The first-order valence-corrected chi connectivity index (χ1v) is 9.46. The maximum absolute atomic E-state index is 12.5. The van der Waals surface area contributed by atoms with Gasteiger partial charge in [0, 0.05) is 6.42 Å². The first-order chi connectivity index (χ1) is 14.6. The van der Waals surface area contributed by atoms with Crippen molar-refractivity contribution in [3.05, 3.63) is 95.1 Å². The molecule has 0 spiro atoms. The molecule has 4 rings (SSSR count). The lowest BCUT2D eigenvalue weighted by molar-refractivity contribution is 0.0509. The minimum absolute atomic E-state index is 0.241. The second-order valence-corrected chi connectivity index (χ2v) is 6.77. The number of nitrogens with zero attached hydrogens (tertiary/aromatic N) is 1. The highest BCUT2D eigenvalue weighted by molar-refractivity contribution is 6.34. The Morgan fingerprint density at radius 3 is 2.00 bits per heavy atom. The molecular formula is C24H19NO5. The fraction of sp³-hybridized carbons (Fsp3) is 0.125. The largest absolute Gasteiger partial charge is 0.497 e. The van der Waals surface area contributed by atoms with Crippen molar-refractivity contribution < 1.29 is 23.9 Å². The number of esters is 1. The highest BCUT2D eigenvalue weighted by Crippen LogP contribution is 2.28. The first kappa shape index (κ1) is 19.4. The summed E-state index contributed by atoms with van der Waals surface area (Å²) in [5.41, 5.74) is 2.56. The zero-order valence-corrected chi connectivity index (χ0v) is 16.3. The van der Waals surface area contributed by atoms with Gasteiger partial charge < -0.3 is 9.47 Å². The molecular weight excluding hydrogens is 382 g/mol. The van der Waals surface area contributed by atoms with Crippen LogP contribution in [-0.2, 0) is 11.2 Å². The monoisotopic (exact) mass is 401 g/mol. The van der Waals surface area contributed by atoms with E-state index in [1.165, 1.54) is 0 Å². The molecule has 0 bridgehead atoms. The van der Waals surface area contributed by atoms with Gasteiger partial charge in [0.2, 0.25) is 0 Å². The van der Waals surface area contributed by atoms with Crippen molar-refractivity contribution >= 4 is 23.5 Å². The number of fused-ring (bicyclic) bond motifs is 1. The third-order valence-corrected chi connectivity index (χ3v) is 4.94. The lowest BCUT2D eigenvalue weighted by Gasteiger charge is -2.14. The quantitative estimate of drug-likeness (QED) is 0.463. The molecule has 6 nitrogen and oxygen atoms in total. The van der Waals surface area contributed by atoms with Gasteiger partial charge in [0.25, 0.3) is 11.8 Å². The van der Waals surface area contributed by atoms with Crippen molar-refractivity contribution in [1.82, 2.24) is 0 Å². The number of benzene rings is 3. The molecule has 0 fully saturated rings. The maximum Gasteiger partial charge on any atom is 0.338 e. The first-order valence-electron chi connectivity index (χ1n) is 9.46. The van der Waals surface area contributed by atoms with Crippen molar-refractivity contribution in [2.24, 2.45) is 0 Å². The predicted octanol–water partition coefficient (Wildman–Crippen LogP) is 3.90. The summed E-state index contributed by atoms with van der Waals surface area (Å²) in [7, 11) is 1.61. The highest BCUT2D eigenvalue weighted by Gasteiger charge is 2.36. The van der Waals surface area contributed by atoms with Crippen LogP contribution in [0.1, 0.15) is 36.6 Å². The number of amides is 2. The van der Waals surface area contributed by atoms with Gasteiger partial charge in [-0.2, -0.15) is 0 Å². The summed E-state index contributed by atoms with van der Waals surface area (Å²) < 4.78 is 10.4. The van der Waals surface area contributed by atoms with Crippen LogP contribution < -0.4 is 9.64 Å². The van der Waals surface area contributed by atoms with E-state index in [-0.39, 0.29) is 18.4 Å². The third-order valence-electron chi connectivity index (χ3n) is 4.94. The van der Waals surface area contributed by atoms with Crippen LogP contribution in [0.2, 0.25) is 0 Å². The van der Waals surface area contributed by atoms with Gasteiger partial charge in [0.1, 0.15) is 5.75 Å². The van der Waals surface area contributed by atoms with Crippen LogP contribution in [0.4, 0.5) is 5.69 Å². The van der Waals surface area contributed by atoms with Crippen LogP contribution in [0.25, 0.3) is 0 Å². The summed E-state index contributed by atoms with van der Waals surface area (Å²) in [4.78, 5) is 38.5. The molecule has 6 heteroatoms. The van der Waals surface area contributed by atoms with E-state index in [1.54, 1.807) is 55.6 Å². The summed E-state index contributed by atoms with van der Waals surface area (Å²) in [6.45, 7) is 0.241. The van der Waals surface area contributed by atoms with Crippen molar-refractivity contribution in [3.63, 3.8) is 0 Å². The van der Waals surface area contributed by atoms with Crippen molar-refractivity contribution in [3.8, 4) is 5.75 Å². The number of carbonyl (C=O) groups is 3. The minimum Gasteiger partial charge on any atom is -0.497 e. The number of carbonyl (C=O) groups excluding carboxylic acids is 3. The lowest BCUT2D eigenvalue weighted by Crippen LogP contribution is -2.29. The Balaban J connectivity index is 1.38. The molecule has 0 saturated heterocycles. The predicted molar refractivity (Wildman–Crippen MR) is 111 cm³/mol. The molecule has 2 amide bonds. The molecule has 3 aromatic carbocycles. The van der Waals surface area contributed by atoms with E-state index in [0.29, 0.717) is 28.8 Å². The fourth-order valence-electron chi connectivity index (χ4n) is 3.31. The van der Waals surface area contributed by atoms with Gasteiger partial charge in [-0.3, -0.25) is 9.59 Å². The van der Waals surface area contributed by atoms with Gasteiger partial charge in [-0.25, -0.2) is 9.69 Å². The lowest BCUT2D eigenvalue weighted by atomic mass is 10.1. The molecule has 0 N–H and O–H groups in total. The molecule has 1 aliphatic rings. The van der Waals surface area contributed by atoms with Gasteiger partial charge in [-0.1, -0.05) is 24.3 Å². The van der Waals surface area contributed by atoms with Crippen LogP contribution in [0.15, 0.2) is 72.8 Å². The summed E-state index contributed by atoms with van der Waals surface area (Å²) >= 11 is 0. The molecule has 150 valence electrons. The molecule has 0 unspecified atom stereocenters. The Labute approximate surface area is 173 Å². The van der Waals surface area contributed by atoms with E-state index in [0.717, 1.165) is 16.2 Å². The topological polar surface area (TPSA) is 72.9 Å². The van der Waals surface area contributed by atoms with E-state index < -0.39 is 5.97 Å². The SMILES string of the molecule is COc1ccc(CCOC(=O)c2ccc(N3C(=O)c4ccccc4C3=O)cc2)cc1. The molecule has 30 heavy (non-hydrogen) atoms. The standard InChI is InChI=1S/C24H19NO5/c1-29-19-12-6-16(7-13-19)14-15-30-24(28)17-8-10-18(11-9-17)25-22(26)20-4-2-3-5-21(20)23(25)27/h2-13H,14-15H2,1H3. The summed E-state index contributed by atoms with van der Waals surface area (Å²) in [6.07, 6.45) is 0.586. The number of anilines is 1. The van der Waals surface area contributed by atoms with Crippen LogP contribution in [-0.4, -0.2) is 31.5 Å². The third kappa shape index (κ3) is 3.67. The number of imide groups is 1. The second-order valence-electron chi connectivity index (χ2n) is 6.77. The van der Waals surface area contributed by atoms with Crippen LogP contribution in [0.3, 0.4) is 0 Å². The van der Waals surface area contributed by atoms with E-state index in [9.17, 15) is 14.4 Å². The smallest absolute Gasteiger partial charge is 0.338 e. The van der Waals surface area contributed by atoms with Crippen LogP contribution >= 0.6 is 0 Å². The van der Waals surface area contributed by atoms with Gasteiger partial charge in [0.15, 0.2) is 0 Å². The fourth-order valence-corrected chi connectivity index (χ4v) is 3.31. The van der Waals surface area contributed by atoms with Crippen molar-refractivity contribution in [2.75, 3.05) is 18.6 Å². The Bertz CT molecular complexity index is 1070. The molecule has 0 atom stereocenters. The zero-order valence-electron chi connectivity index (χ0n) is 16.3. The van der Waals surface area contributed by atoms with Crippen LogP contribution in [0, 0.1) is 0 Å². The summed E-state index contributed by atoms with van der Waals surface area (Å²) in [6, 6.07) is 20.5. The number of hydrogen-bond acceptors (Lipinski definition) is 5. The average molecular weight is 401 g/mol. The van der Waals surface area contributed by atoms with Gasteiger partial charge in [-0.15, -0.1) is 0 Å². The van der Waals surface area contributed by atoms with Crippen LogP contribution in [0.5, 0.6) is 5.75 Å². The summed E-state index contributed by atoms with van der Waals surface area (Å²) in [5, 5.41) is 0. The van der Waals surface area contributed by atoms with Gasteiger partial charge in [-0.05, 0) is 54.1 Å². The molecule has 3 aromatic rings.